The van der Waals surface area contributed by atoms with E-state index in [-0.39, 0.29) is 17.8 Å². The molecule has 3 aromatic carbocycles. The zero-order valence-electron chi connectivity index (χ0n) is 19.5. The molecule has 1 amide bonds. The van der Waals surface area contributed by atoms with E-state index in [1.54, 1.807) is 6.07 Å². The molecule has 34 heavy (non-hydrogen) atoms. The third-order valence-electron chi connectivity index (χ3n) is 6.87. The molecule has 0 saturated carbocycles. The number of hydrogen-bond donors (Lipinski definition) is 1. The number of likely N-dealkylation sites (tertiary alicyclic amines) is 1. The van der Waals surface area contributed by atoms with Crippen molar-refractivity contribution in [3.63, 3.8) is 0 Å². The summed E-state index contributed by atoms with van der Waals surface area (Å²) >= 11 is 0. The molecule has 1 saturated heterocycles. The summed E-state index contributed by atoms with van der Waals surface area (Å²) in [5.74, 6) is -0.436. The Morgan fingerprint density at radius 3 is 2.18 bits per heavy atom. The highest BCUT2D eigenvalue weighted by Crippen LogP contribution is 2.28. The van der Waals surface area contributed by atoms with Gasteiger partial charge >= 0.3 is 0 Å². The van der Waals surface area contributed by atoms with Gasteiger partial charge in [0.2, 0.25) is 0 Å². The van der Waals surface area contributed by atoms with E-state index < -0.39 is 0 Å². The number of nitrogens with zero attached hydrogens (tertiary/aromatic N) is 2. The van der Waals surface area contributed by atoms with Crippen LogP contribution in [0.15, 0.2) is 78.9 Å². The molecule has 5 rings (SSSR count). The molecule has 0 radical (unpaired) electrons. The minimum absolute atomic E-state index is 0.110. The van der Waals surface area contributed by atoms with Crippen LogP contribution in [0.2, 0.25) is 0 Å². The third kappa shape index (κ3) is 4.75. The molecule has 0 bridgehead atoms. The van der Waals surface area contributed by atoms with E-state index in [1.165, 1.54) is 17.7 Å². The van der Waals surface area contributed by atoms with Crippen LogP contribution in [0.4, 0.5) is 4.39 Å². The Balaban J connectivity index is 1.32. The molecule has 174 valence electrons. The van der Waals surface area contributed by atoms with Gasteiger partial charge in [-0.25, -0.2) is 4.39 Å². The lowest BCUT2D eigenvalue weighted by Crippen LogP contribution is -2.44. The van der Waals surface area contributed by atoms with E-state index >= 15 is 0 Å². The zero-order valence-corrected chi connectivity index (χ0v) is 19.5. The Kier molecular flexibility index (Phi) is 6.45. The Morgan fingerprint density at radius 2 is 1.53 bits per heavy atom. The first-order chi connectivity index (χ1) is 16.6. The highest BCUT2D eigenvalue weighted by molar-refractivity contribution is 6.08. The SMILES string of the molecule is Cc1c(C(=O)NC2CCN(Cc3ccccc3)CC2)c2cc(F)ccc2n1Cc1ccccc1. The number of carbonyl (C=O) groups is 1. The van der Waals surface area contributed by atoms with Crippen molar-refractivity contribution in [3.8, 4) is 0 Å². The van der Waals surface area contributed by atoms with Crippen molar-refractivity contribution in [1.29, 1.82) is 0 Å². The normalized spacial score (nSPS) is 15.0. The van der Waals surface area contributed by atoms with Crippen LogP contribution in [-0.4, -0.2) is 34.5 Å². The quantitative estimate of drug-likeness (QED) is 0.415. The molecule has 2 heterocycles. The number of hydrogen-bond acceptors (Lipinski definition) is 2. The summed E-state index contributed by atoms with van der Waals surface area (Å²) in [6, 6.07) is 25.5. The Labute approximate surface area is 200 Å². The predicted molar refractivity (Wildman–Crippen MR) is 134 cm³/mol. The van der Waals surface area contributed by atoms with E-state index in [2.05, 4.69) is 51.2 Å². The van der Waals surface area contributed by atoms with Crippen molar-refractivity contribution in [2.45, 2.75) is 38.9 Å². The van der Waals surface area contributed by atoms with Crippen LogP contribution in [0.5, 0.6) is 0 Å². The number of carbonyl (C=O) groups excluding carboxylic acids is 1. The zero-order chi connectivity index (χ0) is 23.5. The highest BCUT2D eigenvalue weighted by atomic mass is 19.1. The van der Waals surface area contributed by atoms with Gasteiger partial charge in [0.1, 0.15) is 5.82 Å². The molecule has 4 nitrogen and oxygen atoms in total. The van der Waals surface area contributed by atoms with Gasteiger partial charge in [0.15, 0.2) is 0 Å². The van der Waals surface area contributed by atoms with Crippen LogP contribution in [-0.2, 0) is 13.1 Å². The van der Waals surface area contributed by atoms with Crippen molar-refractivity contribution in [3.05, 3.63) is 107 Å². The predicted octanol–water partition coefficient (Wildman–Crippen LogP) is 5.53. The van der Waals surface area contributed by atoms with Crippen LogP contribution in [0.25, 0.3) is 10.9 Å². The molecule has 4 aromatic rings. The average molecular weight is 456 g/mol. The maximum absolute atomic E-state index is 14.2. The number of piperidine rings is 1. The van der Waals surface area contributed by atoms with Crippen LogP contribution in [0.3, 0.4) is 0 Å². The minimum atomic E-state index is -0.326. The lowest BCUT2D eigenvalue weighted by atomic mass is 10.0. The number of rotatable bonds is 6. The summed E-state index contributed by atoms with van der Waals surface area (Å²) in [5.41, 5.74) is 4.78. The van der Waals surface area contributed by atoms with Crippen molar-refractivity contribution in [2.75, 3.05) is 13.1 Å². The summed E-state index contributed by atoms with van der Waals surface area (Å²) in [5, 5.41) is 3.92. The molecule has 0 atom stereocenters. The minimum Gasteiger partial charge on any atom is -0.349 e. The lowest BCUT2D eigenvalue weighted by Gasteiger charge is -2.32. The molecular weight excluding hydrogens is 425 g/mol. The van der Waals surface area contributed by atoms with Crippen molar-refractivity contribution in [1.82, 2.24) is 14.8 Å². The maximum atomic E-state index is 14.2. The van der Waals surface area contributed by atoms with Gasteiger partial charge in [0, 0.05) is 48.8 Å². The van der Waals surface area contributed by atoms with E-state index in [0.717, 1.165) is 49.2 Å². The van der Waals surface area contributed by atoms with E-state index in [4.69, 9.17) is 0 Å². The molecule has 1 N–H and O–H groups in total. The molecule has 0 unspecified atom stereocenters. The average Bonchev–Trinajstić information content (AvgIpc) is 3.12. The second kappa shape index (κ2) is 9.82. The summed E-state index contributed by atoms with van der Waals surface area (Å²) in [6.07, 6.45) is 1.82. The Bertz CT molecular complexity index is 1280. The van der Waals surface area contributed by atoms with Crippen molar-refractivity contribution < 1.29 is 9.18 Å². The van der Waals surface area contributed by atoms with Gasteiger partial charge < -0.3 is 9.88 Å². The summed E-state index contributed by atoms with van der Waals surface area (Å²) in [4.78, 5) is 15.9. The van der Waals surface area contributed by atoms with Crippen LogP contribution in [0.1, 0.15) is 40.0 Å². The van der Waals surface area contributed by atoms with Gasteiger partial charge in [0.25, 0.3) is 5.91 Å². The van der Waals surface area contributed by atoms with Gasteiger partial charge in [-0.15, -0.1) is 0 Å². The number of fused-ring (bicyclic) bond motifs is 1. The monoisotopic (exact) mass is 455 g/mol. The molecular formula is C29H30FN3O. The first-order valence-corrected chi connectivity index (χ1v) is 12.0. The summed E-state index contributed by atoms with van der Waals surface area (Å²) in [7, 11) is 0. The first-order valence-electron chi connectivity index (χ1n) is 12.0. The van der Waals surface area contributed by atoms with E-state index in [1.807, 2.05) is 31.2 Å². The third-order valence-corrected chi connectivity index (χ3v) is 6.87. The van der Waals surface area contributed by atoms with Gasteiger partial charge in [0.05, 0.1) is 5.56 Å². The Morgan fingerprint density at radius 1 is 0.912 bits per heavy atom. The molecule has 0 aliphatic carbocycles. The molecule has 1 aliphatic rings. The van der Waals surface area contributed by atoms with Gasteiger partial charge in [-0.05, 0) is 49.1 Å². The van der Waals surface area contributed by atoms with Crippen LogP contribution >= 0.6 is 0 Å². The maximum Gasteiger partial charge on any atom is 0.253 e. The summed E-state index contributed by atoms with van der Waals surface area (Å²) in [6.45, 7) is 5.43. The number of amides is 1. The fraction of sp³-hybridized carbons (Fsp3) is 0.276. The number of nitrogens with one attached hydrogen (secondary N) is 1. The first kappa shape index (κ1) is 22.4. The molecule has 1 aliphatic heterocycles. The van der Waals surface area contributed by atoms with E-state index in [0.29, 0.717) is 17.5 Å². The van der Waals surface area contributed by atoms with Crippen LogP contribution < -0.4 is 5.32 Å². The molecule has 1 fully saturated rings. The Hall–Kier alpha value is -3.44. The smallest absolute Gasteiger partial charge is 0.253 e. The number of halogens is 1. The second-order valence-electron chi connectivity index (χ2n) is 9.20. The van der Waals surface area contributed by atoms with Gasteiger partial charge in [-0.3, -0.25) is 9.69 Å². The molecule has 1 aromatic heterocycles. The number of aromatic nitrogens is 1. The van der Waals surface area contributed by atoms with Crippen molar-refractivity contribution >= 4 is 16.8 Å². The van der Waals surface area contributed by atoms with E-state index in [9.17, 15) is 9.18 Å². The summed E-state index contributed by atoms with van der Waals surface area (Å²) < 4.78 is 16.3. The fourth-order valence-electron chi connectivity index (χ4n) is 5.05. The van der Waals surface area contributed by atoms with Crippen LogP contribution in [0, 0.1) is 12.7 Å². The largest absolute Gasteiger partial charge is 0.349 e. The topological polar surface area (TPSA) is 37.3 Å². The van der Waals surface area contributed by atoms with Gasteiger partial charge in [-0.1, -0.05) is 60.7 Å². The lowest BCUT2D eigenvalue weighted by molar-refractivity contribution is 0.0909. The fourth-order valence-corrected chi connectivity index (χ4v) is 5.05. The number of benzene rings is 3. The standard InChI is InChI=1S/C29H30FN3O/c1-21-28(26-18-24(30)12-13-27(26)33(21)20-23-10-6-3-7-11-23)29(34)31-25-14-16-32(17-15-25)19-22-8-4-2-5-9-22/h2-13,18,25H,14-17,19-20H2,1H3,(H,31,34). The highest BCUT2D eigenvalue weighted by Gasteiger charge is 2.25. The van der Waals surface area contributed by atoms with Gasteiger partial charge in [-0.2, -0.15) is 0 Å². The second-order valence-corrected chi connectivity index (χ2v) is 9.20. The molecule has 0 spiro atoms. The molecule has 5 heteroatoms. The van der Waals surface area contributed by atoms with Crippen molar-refractivity contribution in [2.24, 2.45) is 0 Å².